The SMILES string of the molecule is NS(=O)(=O)c1c(F)c(F)c(Sc2ccccc2C(=O)O)c(F)c1F. The Bertz CT molecular complexity index is 918. The van der Waals surface area contributed by atoms with E-state index in [9.17, 15) is 30.8 Å². The van der Waals surface area contributed by atoms with Crippen molar-refractivity contribution in [3.63, 3.8) is 0 Å². The number of benzene rings is 2. The van der Waals surface area contributed by atoms with Crippen LogP contribution >= 0.6 is 11.8 Å². The number of halogens is 4. The first kappa shape index (κ1) is 18.2. The zero-order valence-electron chi connectivity index (χ0n) is 11.4. The Morgan fingerprint density at radius 3 is 1.96 bits per heavy atom. The van der Waals surface area contributed by atoms with E-state index in [0.717, 1.165) is 12.1 Å². The van der Waals surface area contributed by atoms with Crippen LogP contribution in [0, 0.1) is 23.3 Å². The number of rotatable bonds is 4. The largest absolute Gasteiger partial charge is 0.478 e. The molecule has 0 amide bonds. The Morgan fingerprint density at radius 2 is 1.50 bits per heavy atom. The van der Waals surface area contributed by atoms with E-state index in [1.807, 2.05) is 0 Å². The molecule has 0 bridgehead atoms. The maximum atomic E-state index is 14.0. The fourth-order valence-corrected chi connectivity index (χ4v) is 3.44. The predicted molar refractivity (Wildman–Crippen MR) is 75.2 cm³/mol. The van der Waals surface area contributed by atoms with Gasteiger partial charge < -0.3 is 5.11 Å². The van der Waals surface area contributed by atoms with Gasteiger partial charge in [-0.1, -0.05) is 23.9 Å². The number of sulfonamides is 1. The molecule has 0 aromatic heterocycles. The molecule has 0 fully saturated rings. The Labute approximate surface area is 137 Å². The second kappa shape index (κ2) is 6.42. The van der Waals surface area contributed by atoms with Gasteiger partial charge in [-0.15, -0.1) is 0 Å². The summed E-state index contributed by atoms with van der Waals surface area (Å²) in [5.41, 5.74) is -0.363. The summed E-state index contributed by atoms with van der Waals surface area (Å²) >= 11 is 0.0970. The van der Waals surface area contributed by atoms with Crippen molar-refractivity contribution < 1.29 is 35.9 Å². The molecule has 24 heavy (non-hydrogen) atoms. The van der Waals surface area contributed by atoms with E-state index in [4.69, 9.17) is 5.11 Å². The normalized spacial score (nSPS) is 11.5. The molecule has 0 aliphatic carbocycles. The van der Waals surface area contributed by atoms with Gasteiger partial charge in [0.2, 0.25) is 10.0 Å². The minimum absolute atomic E-state index is 0.0970. The van der Waals surface area contributed by atoms with E-state index in [2.05, 4.69) is 5.14 Å². The van der Waals surface area contributed by atoms with Gasteiger partial charge in [-0.25, -0.2) is 35.9 Å². The molecule has 0 heterocycles. The van der Waals surface area contributed by atoms with E-state index in [1.54, 1.807) is 0 Å². The van der Waals surface area contributed by atoms with Crippen LogP contribution in [0.2, 0.25) is 0 Å². The Morgan fingerprint density at radius 1 is 1.00 bits per heavy atom. The lowest BCUT2D eigenvalue weighted by molar-refractivity contribution is 0.0693. The van der Waals surface area contributed by atoms with Gasteiger partial charge in [0.25, 0.3) is 0 Å². The van der Waals surface area contributed by atoms with Crippen LogP contribution in [-0.2, 0) is 10.0 Å². The van der Waals surface area contributed by atoms with Crippen molar-refractivity contribution in [2.45, 2.75) is 14.7 Å². The molecule has 3 N–H and O–H groups in total. The van der Waals surface area contributed by atoms with Crippen LogP contribution in [0.1, 0.15) is 10.4 Å². The number of aromatic carboxylic acids is 1. The lowest BCUT2D eigenvalue weighted by atomic mass is 10.2. The first-order valence-electron chi connectivity index (χ1n) is 5.94. The summed E-state index contributed by atoms with van der Waals surface area (Å²) in [6.07, 6.45) is 0. The molecule has 0 unspecified atom stereocenters. The molecular formula is C13H7F4NO4S2. The molecule has 2 aromatic carbocycles. The van der Waals surface area contributed by atoms with Crippen LogP contribution in [0.3, 0.4) is 0 Å². The summed E-state index contributed by atoms with van der Waals surface area (Å²) < 4.78 is 77.7. The molecule has 0 aliphatic heterocycles. The third-order valence-electron chi connectivity index (χ3n) is 2.80. The lowest BCUT2D eigenvalue weighted by Gasteiger charge is -2.11. The fourth-order valence-electron chi connectivity index (χ4n) is 1.77. The number of carboxylic acid groups (broad SMARTS) is 1. The molecule has 0 radical (unpaired) electrons. The average Bonchev–Trinajstić information content (AvgIpc) is 2.48. The second-order valence-corrected chi connectivity index (χ2v) is 6.91. The van der Waals surface area contributed by atoms with Gasteiger partial charge in [0, 0.05) is 4.90 Å². The van der Waals surface area contributed by atoms with Crippen LogP contribution in [0.5, 0.6) is 0 Å². The van der Waals surface area contributed by atoms with Crippen LogP contribution in [0.15, 0.2) is 39.0 Å². The smallest absolute Gasteiger partial charge is 0.336 e. The highest BCUT2D eigenvalue weighted by Gasteiger charge is 2.32. The van der Waals surface area contributed by atoms with Crippen molar-refractivity contribution in [3.05, 3.63) is 53.1 Å². The molecule has 11 heteroatoms. The van der Waals surface area contributed by atoms with E-state index in [-0.39, 0.29) is 22.2 Å². The van der Waals surface area contributed by atoms with Crippen LogP contribution in [0.25, 0.3) is 0 Å². The zero-order chi connectivity index (χ0) is 18.2. The fraction of sp³-hybridized carbons (Fsp3) is 0. The number of primary sulfonamides is 1. The van der Waals surface area contributed by atoms with Gasteiger partial charge in [-0.2, -0.15) is 0 Å². The molecule has 128 valence electrons. The average molecular weight is 381 g/mol. The number of hydrogen-bond acceptors (Lipinski definition) is 4. The Kier molecular flexibility index (Phi) is 4.87. The van der Waals surface area contributed by atoms with Crippen LogP contribution in [-0.4, -0.2) is 19.5 Å². The highest BCUT2D eigenvalue weighted by Crippen LogP contribution is 2.38. The third kappa shape index (κ3) is 3.23. The maximum absolute atomic E-state index is 14.0. The standard InChI is InChI=1S/C13H7F4NO4S2/c14-7-9(16)12(24(18,21)22)10(17)8(15)11(7)23-6-4-2-1-3-5(6)13(19)20/h1-4H,(H,19,20)(H2,18,21,22). The first-order chi connectivity index (χ1) is 11.1. The molecule has 0 saturated carbocycles. The Hall–Kier alpha value is -2.11. The third-order valence-corrected chi connectivity index (χ3v) is 4.86. The lowest BCUT2D eigenvalue weighted by Crippen LogP contribution is -2.19. The maximum Gasteiger partial charge on any atom is 0.336 e. The first-order valence-corrected chi connectivity index (χ1v) is 8.31. The summed E-state index contributed by atoms with van der Waals surface area (Å²) in [5.74, 6) is -9.80. The van der Waals surface area contributed by atoms with Gasteiger partial charge in [0.15, 0.2) is 28.2 Å². The molecule has 2 aromatic rings. The van der Waals surface area contributed by atoms with Crippen molar-refractivity contribution in [1.82, 2.24) is 0 Å². The minimum Gasteiger partial charge on any atom is -0.478 e. The minimum atomic E-state index is -5.05. The number of carboxylic acids is 1. The zero-order valence-corrected chi connectivity index (χ0v) is 13.0. The molecule has 0 spiro atoms. The van der Waals surface area contributed by atoms with E-state index in [1.165, 1.54) is 12.1 Å². The highest BCUT2D eigenvalue weighted by atomic mass is 32.2. The number of nitrogens with two attached hydrogens (primary N) is 1. The van der Waals surface area contributed by atoms with Gasteiger partial charge in [0.1, 0.15) is 0 Å². The molecular weight excluding hydrogens is 374 g/mol. The number of carbonyl (C=O) groups is 1. The summed E-state index contributed by atoms with van der Waals surface area (Å²) in [6, 6.07) is 4.96. The predicted octanol–water partition coefficient (Wildman–Crippen LogP) is 2.74. The van der Waals surface area contributed by atoms with Crippen LogP contribution < -0.4 is 5.14 Å². The quantitative estimate of drug-likeness (QED) is 0.627. The number of hydrogen-bond donors (Lipinski definition) is 2. The molecule has 0 saturated heterocycles. The second-order valence-electron chi connectivity index (χ2n) is 4.36. The van der Waals surface area contributed by atoms with Crippen molar-refractivity contribution in [2.24, 2.45) is 5.14 Å². The molecule has 0 atom stereocenters. The van der Waals surface area contributed by atoms with Crippen molar-refractivity contribution in [3.8, 4) is 0 Å². The van der Waals surface area contributed by atoms with Gasteiger partial charge in [0.05, 0.1) is 10.5 Å². The Balaban J connectivity index is 2.69. The van der Waals surface area contributed by atoms with Crippen molar-refractivity contribution >= 4 is 27.8 Å². The topological polar surface area (TPSA) is 97.5 Å². The van der Waals surface area contributed by atoms with Gasteiger partial charge >= 0.3 is 5.97 Å². The van der Waals surface area contributed by atoms with Gasteiger partial charge in [-0.3, -0.25) is 0 Å². The summed E-state index contributed by atoms with van der Waals surface area (Å²) in [5, 5.41) is 13.5. The van der Waals surface area contributed by atoms with E-state index >= 15 is 0 Å². The summed E-state index contributed by atoms with van der Waals surface area (Å²) in [6.45, 7) is 0. The van der Waals surface area contributed by atoms with E-state index in [0.29, 0.717) is 0 Å². The van der Waals surface area contributed by atoms with Gasteiger partial charge in [-0.05, 0) is 12.1 Å². The summed E-state index contributed by atoms with van der Waals surface area (Å²) in [4.78, 5) is 7.69. The van der Waals surface area contributed by atoms with Crippen molar-refractivity contribution in [1.29, 1.82) is 0 Å². The summed E-state index contributed by atoms with van der Waals surface area (Å²) in [7, 11) is -5.05. The van der Waals surface area contributed by atoms with E-state index < -0.39 is 49.1 Å². The van der Waals surface area contributed by atoms with Crippen molar-refractivity contribution in [2.75, 3.05) is 0 Å². The molecule has 2 rings (SSSR count). The molecule has 0 aliphatic rings. The highest BCUT2D eigenvalue weighted by molar-refractivity contribution is 7.99. The molecule has 5 nitrogen and oxygen atoms in total. The monoisotopic (exact) mass is 381 g/mol. The van der Waals surface area contributed by atoms with Crippen LogP contribution in [0.4, 0.5) is 17.6 Å².